The molecule has 86 valence electrons. The lowest BCUT2D eigenvalue weighted by molar-refractivity contribution is -0.118. The van der Waals surface area contributed by atoms with Crippen LogP contribution in [0.5, 0.6) is 0 Å². The summed E-state index contributed by atoms with van der Waals surface area (Å²) in [6, 6.07) is 4.79. The van der Waals surface area contributed by atoms with Gasteiger partial charge in [-0.05, 0) is 30.7 Å². The molecule has 1 heterocycles. The molecule has 1 N–H and O–H groups in total. The second-order valence-corrected chi connectivity index (χ2v) is 3.98. The first-order valence-electron chi connectivity index (χ1n) is 5.46. The van der Waals surface area contributed by atoms with Gasteiger partial charge in [-0.15, -0.1) is 0 Å². The highest BCUT2D eigenvalue weighted by atomic mass is 19.1. The number of carbonyl (C=O) groups is 1. The van der Waals surface area contributed by atoms with E-state index in [-0.39, 0.29) is 11.7 Å². The van der Waals surface area contributed by atoms with Crippen LogP contribution in [-0.4, -0.2) is 25.5 Å². The Balaban J connectivity index is 2.27. The van der Waals surface area contributed by atoms with Crippen LogP contribution in [0.3, 0.4) is 0 Å². The molecule has 0 aliphatic carbocycles. The number of benzene rings is 1. The third-order valence-corrected chi connectivity index (χ3v) is 2.78. The maximum Gasteiger partial charge on any atom is 0.228 e. The van der Waals surface area contributed by atoms with Gasteiger partial charge in [0.1, 0.15) is 5.82 Å². The van der Waals surface area contributed by atoms with Gasteiger partial charge in [0.25, 0.3) is 0 Å². The van der Waals surface area contributed by atoms with Crippen LogP contribution in [0.25, 0.3) is 0 Å². The molecule has 1 fully saturated rings. The summed E-state index contributed by atoms with van der Waals surface area (Å²) in [7, 11) is 0. The van der Waals surface area contributed by atoms with Crippen LogP contribution in [0.15, 0.2) is 18.2 Å². The summed E-state index contributed by atoms with van der Waals surface area (Å²) in [6.45, 7) is 3.85. The van der Waals surface area contributed by atoms with Crippen LogP contribution in [0.2, 0.25) is 0 Å². The molecule has 0 saturated carbocycles. The van der Waals surface area contributed by atoms with Crippen LogP contribution in [0, 0.1) is 12.7 Å². The van der Waals surface area contributed by atoms with Gasteiger partial charge in [0, 0.05) is 31.7 Å². The molecule has 0 spiro atoms. The van der Waals surface area contributed by atoms with Crippen molar-refractivity contribution in [2.45, 2.75) is 13.3 Å². The SMILES string of the molecule is Cc1cc(N2CCNCCC2=O)ccc1F. The van der Waals surface area contributed by atoms with Gasteiger partial charge in [0.2, 0.25) is 5.91 Å². The summed E-state index contributed by atoms with van der Waals surface area (Å²) in [5.41, 5.74) is 1.36. The molecule has 1 amide bonds. The van der Waals surface area contributed by atoms with E-state index in [1.165, 1.54) is 6.07 Å². The average molecular weight is 222 g/mol. The maximum absolute atomic E-state index is 13.1. The molecule has 0 aromatic heterocycles. The van der Waals surface area contributed by atoms with Gasteiger partial charge in [-0.1, -0.05) is 0 Å². The van der Waals surface area contributed by atoms with Crippen LogP contribution in [0.4, 0.5) is 10.1 Å². The fraction of sp³-hybridized carbons (Fsp3) is 0.417. The normalized spacial score (nSPS) is 17.4. The molecular weight excluding hydrogens is 207 g/mol. The Labute approximate surface area is 94.3 Å². The highest BCUT2D eigenvalue weighted by Gasteiger charge is 2.18. The minimum absolute atomic E-state index is 0.0935. The number of carbonyl (C=O) groups excluding carboxylic acids is 1. The van der Waals surface area contributed by atoms with Crippen molar-refractivity contribution in [1.29, 1.82) is 0 Å². The summed E-state index contributed by atoms with van der Waals surface area (Å²) < 4.78 is 13.1. The molecule has 1 aliphatic rings. The summed E-state index contributed by atoms with van der Waals surface area (Å²) in [5, 5.41) is 3.17. The quantitative estimate of drug-likeness (QED) is 0.780. The molecular formula is C12H15FN2O. The number of hydrogen-bond donors (Lipinski definition) is 1. The van der Waals surface area contributed by atoms with Crippen molar-refractivity contribution in [2.24, 2.45) is 0 Å². The van der Waals surface area contributed by atoms with Crippen molar-refractivity contribution >= 4 is 11.6 Å². The van der Waals surface area contributed by atoms with Crippen molar-refractivity contribution < 1.29 is 9.18 Å². The zero-order valence-electron chi connectivity index (χ0n) is 9.29. The van der Waals surface area contributed by atoms with E-state index in [0.717, 1.165) is 18.8 Å². The third-order valence-electron chi connectivity index (χ3n) is 2.78. The number of nitrogens with zero attached hydrogens (tertiary/aromatic N) is 1. The Morgan fingerprint density at radius 3 is 2.94 bits per heavy atom. The van der Waals surface area contributed by atoms with Crippen LogP contribution >= 0.6 is 0 Å². The Kier molecular flexibility index (Phi) is 3.19. The first-order chi connectivity index (χ1) is 7.68. The van der Waals surface area contributed by atoms with E-state index in [4.69, 9.17) is 0 Å². The standard InChI is InChI=1S/C12H15FN2O/c1-9-8-10(2-3-11(9)13)15-7-6-14-5-4-12(15)16/h2-3,8,14H,4-7H2,1H3. The molecule has 16 heavy (non-hydrogen) atoms. The number of rotatable bonds is 1. The molecule has 1 aromatic rings. The first-order valence-corrected chi connectivity index (χ1v) is 5.46. The van der Waals surface area contributed by atoms with E-state index in [0.29, 0.717) is 18.5 Å². The van der Waals surface area contributed by atoms with Crippen LogP contribution in [0.1, 0.15) is 12.0 Å². The molecule has 1 saturated heterocycles. The van der Waals surface area contributed by atoms with Crippen LogP contribution < -0.4 is 10.2 Å². The topological polar surface area (TPSA) is 32.3 Å². The van der Waals surface area contributed by atoms with Gasteiger partial charge < -0.3 is 10.2 Å². The molecule has 0 bridgehead atoms. The monoisotopic (exact) mass is 222 g/mol. The highest BCUT2D eigenvalue weighted by Crippen LogP contribution is 2.19. The van der Waals surface area contributed by atoms with E-state index in [1.807, 2.05) is 0 Å². The fourth-order valence-electron chi connectivity index (χ4n) is 1.84. The van der Waals surface area contributed by atoms with Crippen LogP contribution in [-0.2, 0) is 4.79 Å². The van der Waals surface area contributed by atoms with Gasteiger partial charge in [-0.3, -0.25) is 4.79 Å². The summed E-state index contributed by atoms with van der Waals surface area (Å²) in [5.74, 6) is -0.139. The fourth-order valence-corrected chi connectivity index (χ4v) is 1.84. The predicted octanol–water partition coefficient (Wildman–Crippen LogP) is 1.46. The number of amides is 1. The number of nitrogens with one attached hydrogen (secondary N) is 1. The van der Waals surface area contributed by atoms with Crippen molar-refractivity contribution in [2.75, 3.05) is 24.5 Å². The van der Waals surface area contributed by atoms with Gasteiger partial charge in [0.15, 0.2) is 0 Å². The summed E-state index contributed by atoms with van der Waals surface area (Å²) in [6.07, 6.45) is 0.496. The average Bonchev–Trinajstić information content (AvgIpc) is 2.47. The largest absolute Gasteiger partial charge is 0.314 e. The first kappa shape index (κ1) is 11.1. The second-order valence-electron chi connectivity index (χ2n) is 3.98. The molecule has 3 nitrogen and oxygen atoms in total. The van der Waals surface area contributed by atoms with E-state index in [9.17, 15) is 9.18 Å². The lowest BCUT2D eigenvalue weighted by atomic mass is 10.2. The van der Waals surface area contributed by atoms with Crippen molar-refractivity contribution in [3.05, 3.63) is 29.6 Å². The molecule has 0 radical (unpaired) electrons. The lowest BCUT2D eigenvalue weighted by Gasteiger charge is -2.20. The zero-order chi connectivity index (χ0) is 11.5. The van der Waals surface area contributed by atoms with Gasteiger partial charge in [-0.2, -0.15) is 0 Å². The minimum Gasteiger partial charge on any atom is -0.314 e. The van der Waals surface area contributed by atoms with Crippen molar-refractivity contribution in [3.8, 4) is 0 Å². The summed E-state index contributed by atoms with van der Waals surface area (Å²) in [4.78, 5) is 13.5. The molecule has 1 aliphatic heterocycles. The predicted molar refractivity (Wildman–Crippen MR) is 61.0 cm³/mol. The van der Waals surface area contributed by atoms with Crippen molar-refractivity contribution in [1.82, 2.24) is 5.32 Å². The Morgan fingerprint density at radius 1 is 1.38 bits per heavy atom. The Hall–Kier alpha value is -1.42. The maximum atomic E-state index is 13.1. The summed E-state index contributed by atoms with van der Waals surface area (Å²) >= 11 is 0. The smallest absolute Gasteiger partial charge is 0.228 e. The number of hydrogen-bond acceptors (Lipinski definition) is 2. The Bertz CT molecular complexity index is 406. The second kappa shape index (κ2) is 4.61. The lowest BCUT2D eigenvalue weighted by Crippen LogP contribution is -2.32. The minimum atomic E-state index is -0.232. The molecule has 2 rings (SSSR count). The van der Waals surface area contributed by atoms with E-state index in [2.05, 4.69) is 5.32 Å². The van der Waals surface area contributed by atoms with Gasteiger partial charge >= 0.3 is 0 Å². The molecule has 1 aromatic carbocycles. The molecule has 0 atom stereocenters. The molecule has 4 heteroatoms. The van der Waals surface area contributed by atoms with E-state index >= 15 is 0 Å². The Morgan fingerprint density at radius 2 is 2.19 bits per heavy atom. The van der Waals surface area contributed by atoms with Crippen molar-refractivity contribution in [3.63, 3.8) is 0 Å². The third kappa shape index (κ3) is 2.22. The van der Waals surface area contributed by atoms with E-state index in [1.54, 1.807) is 24.0 Å². The number of halogens is 1. The van der Waals surface area contributed by atoms with Gasteiger partial charge in [-0.25, -0.2) is 4.39 Å². The number of aryl methyl sites for hydroxylation is 1. The van der Waals surface area contributed by atoms with Gasteiger partial charge in [0.05, 0.1) is 0 Å². The number of anilines is 1. The zero-order valence-corrected chi connectivity index (χ0v) is 9.29. The highest BCUT2D eigenvalue weighted by molar-refractivity contribution is 5.93. The molecule has 0 unspecified atom stereocenters. The van der Waals surface area contributed by atoms with E-state index < -0.39 is 0 Å².